The van der Waals surface area contributed by atoms with E-state index in [1.165, 1.54) is 24.3 Å². The van der Waals surface area contributed by atoms with Gasteiger partial charge in [-0.25, -0.2) is 4.39 Å². The third-order valence-electron chi connectivity index (χ3n) is 2.87. The average molecular weight is 370 g/mol. The molecular weight excluding hydrogens is 357 g/mol. The summed E-state index contributed by atoms with van der Waals surface area (Å²) in [5.74, 6) is 0.307. The van der Waals surface area contributed by atoms with Crippen molar-refractivity contribution < 1.29 is 13.4 Å². The molecule has 21 heavy (non-hydrogen) atoms. The van der Waals surface area contributed by atoms with Crippen LogP contribution in [-0.2, 0) is 16.6 Å². The molecule has 2 aromatic rings. The molecule has 2 rings (SSSR count). The Bertz CT molecular complexity index is 689. The maximum absolute atomic E-state index is 12.9. The lowest BCUT2D eigenvalue weighted by atomic mass is 10.1. The molecule has 1 aromatic heterocycles. The third kappa shape index (κ3) is 4.04. The standard InChI is InChI=1S/C15H13BrFNO2S/c1-2-21(20)9-10-7-13(16)14(18-8-10)15(19)11-3-5-12(17)6-4-11/h3-8H,2,9H2,1H3. The summed E-state index contributed by atoms with van der Waals surface area (Å²) in [5, 5.41) is 0. The number of carbonyl (C=O) groups excluding carboxylic acids is 1. The lowest BCUT2D eigenvalue weighted by molar-refractivity contribution is 0.103. The van der Waals surface area contributed by atoms with Gasteiger partial charge in [0.25, 0.3) is 0 Å². The van der Waals surface area contributed by atoms with Gasteiger partial charge in [0, 0.05) is 32.8 Å². The highest BCUT2D eigenvalue weighted by Crippen LogP contribution is 2.20. The van der Waals surface area contributed by atoms with Crippen LogP contribution in [0.15, 0.2) is 41.0 Å². The Hall–Kier alpha value is -1.40. The minimum absolute atomic E-state index is 0.257. The van der Waals surface area contributed by atoms with Gasteiger partial charge < -0.3 is 0 Å². The van der Waals surface area contributed by atoms with Crippen LogP contribution in [0.5, 0.6) is 0 Å². The summed E-state index contributed by atoms with van der Waals surface area (Å²) < 4.78 is 24.9. The van der Waals surface area contributed by atoms with E-state index >= 15 is 0 Å². The summed E-state index contributed by atoms with van der Waals surface area (Å²) >= 11 is 3.31. The molecular formula is C15H13BrFNO2S. The van der Waals surface area contributed by atoms with Crippen molar-refractivity contribution in [2.24, 2.45) is 0 Å². The van der Waals surface area contributed by atoms with Gasteiger partial charge in [0.2, 0.25) is 5.78 Å². The van der Waals surface area contributed by atoms with Gasteiger partial charge in [0.15, 0.2) is 0 Å². The molecule has 0 saturated carbocycles. The van der Waals surface area contributed by atoms with E-state index in [4.69, 9.17) is 0 Å². The number of pyridine rings is 1. The van der Waals surface area contributed by atoms with Gasteiger partial charge in [-0.1, -0.05) is 6.92 Å². The highest BCUT2D eigenvalue weighted by atomic mass is 79.9. The second-order valence-corrected chi connectivity index (χ2v) is 6.98. The van der Waals surface area contributed by atoms with Crippen LogP contribution in [0.1, 0.15) is 28.5 Å². The van der Waals surface area contributed by atoms with Crippen molar-refractivity contribution in [2.45, 2.75) is 12.7 Å². The van der Waals surface area contributed by atoms with E-state index in [1.807, 2.05) is 6.92 Å². The number of hydrogen-bond acceptors (Lipinski definition) is 3. The third-order valence-corrected chi connectivity index (χ3v) is 4.77. The van der Waals surface area contributed by atoms with Crippen molar-refractivity contribution in [3.8, 4) is 0 Å². The first-order valence-electron chi connectivity index (χ1n) is 6.31. The van der Waals surface area contributed by atoms with Gasteiger partial charge in [-0.2, -0.15) is 0 Å². The molecule has 1 atom stereocenters. The Morgan fingerprint density at radius 2 is 2.00 bits per heavy atom. The van der Waals surface area contributed by atoms with Crippen LogP contribution < -0.4 is 0 Å². The lowest BCUT2D eigenvalue weighted by Crippen LogP contribution is -2.07. The molecule has 1 heterocycles. The fourth-order valence-corrected chi connectivity index (χ4v) is 3.06. The predicted octanol–water partition coefficient (Wildman–Crippen LogP) is 3.48. The Balaban J connectivity index is 2.26. The fraction of sp³-hybridized carbons (Fsp3) is 0.200. The summed E-state index contributed by atoms with van der Waals surface area (Å²) in [6.45, 7) is 1.85. The maximum Gasteiger partial charge on any atom is 0.212 e. The van der Waals surface area contributed by atoms with Crippen LogP contribution in [0.4, 0.5) is 4.39 Å². The minimum atomic E-state index is -0.930. The van der Waals surface area contributed by atoms with Gasteiger partial charge in [0.1, 0.15) is 11.5 Å². The van der Waals surface area contributed by atoms with Crippen molar-refractivity contribution in [2.75, 3.05) is 5.75 Å². The summed E-state index contributed by atoms with van der Waals surface area (Å²) in [6.07, 6.45) is 1.55. The molecule has 0 aliphatic carbocycles. The molecule has 1 unspecified atom stereocenters. The highest BCUT2D eigenvalue weighted by Gasteiger charge is 2.15. The van der Waals surface area contributed by atoms with Crippen LogP contribution >= 0.6 is 15.9 Å². The molecule has 1 aromatic carbocycles. The molecule has 6 heteroatoms. The SMILES string of the molecule is CCS(=O)Cc1cnc(C(=O)c2ccc(F)cc2)c(Br)c1. The number of benzene rings is 1. The molecule has 110 valence electrons. The Kier molecular flexibility index (Phi) is 5.36. The normalized spacial score (nSPS) is 12.1. The van der Waals surface area contributed by atoms with Crippen LogP contribution in [0.25, 0.3) is 0 Å². The van der Waals surface area contributed by atoms with Crippen LogP contribution in [0.2, 0.25) is 0 Å². The second kappa shape index (κ2) is 7.04. The minimum Gasteiger partial charge on any atom is -0.287 e. The van der Waals surface area contributed by atoms with Crippen molar-refractivity contribution in [3.63, 3.8) is 0 Å². The summed E-state index contributed by atoms with van der Waals surface area (Å²) in [7, 11) is -0.930. The van der Waals surface area contributed by atoms with E-state index < -0.39 is 16.6 Å². The number of halogens is 2. The van der Waals surface area contributed by atoms with Crippen molar-refractivity contribution in [1.29, 1.82) is 0 Å². The summed E-state index contributed by atoms with van der Waals surface area (Å²) in [6, 6.07) is 7.06. The van der Waals surface area contributed by atoms with E-state index in [1.54, 1.807) is 12.3 Å². The Morgan fingerprint density at radius 1 is 1.33 bits per heavy atom. The van der Waals surface area contributed by atoms with Crippen molar-refractivity contribution in [1.82, 2.24) is 4.98 Å². The van der Waals surface area contributed by atoms with Crippen LogP contribution in [0.3, 0.4) is 0 Å². The smallest absolute Gasteiger partial charge is 0.212 e. The molecule has 0 N–H and O–H groups in total. The largest absolute Gasteiger partial charge is 0.287 e. The first-order valence-corrected chi connectivity index (χ1v) is 8.59. The second-order valence-electron chi connectivity index (χ2n) is 4.38. The quantitative estimate of drug-likeness (QED) is 0.757. The molecule has 0 radical (unpaired) electrons. The van der Waals surface area contributed by atoms with Gasteiger partial charge in [-0.15, -0.1) is 0 Å². The van der Waals surface area contributed by atoms with Crippen molar-refractivity contribution in [3.05, 3.63) is 63.6 Å². The molecule has 0 saturated heterocycles. The Morgan fingerprint density at radius 3 is 2.57 bits per heavy atom. The highest BCUT2D eigenvalue weighted by molar-refractivity contribution is 9.10. The summed E-state index contributed by atoms with van der Waals surface area (Å²) in [5.41, 5.74) is 1.43. The number of rotatable bonds is 5. The topological polar surface area (TPSA) is 47.0 Å². The molecule has 0 spiro atoms. The monoisotopic (exact) mass is 369 g/mol. The first-order chi connectivity index (χ1) is 10.0. The number of aromatic nitrogens is 1. The van der Waals surface area contributed by atoms with E-state index in [2.05, 4.69) is 20.9 Å². The van der Waals surface area contributed by atoms with E-state index in [9.17, 15) is 13.4 Å². The zero-order chi connectivity index (χ0) is 15.4. The average Bonchev–Trinajstić information content (AvgIpc) is 2.47. The summed E-state index contributed by atoms with van der Waals surface area (Å²) in [4.78, 5) is 16.4. The molecule has 0 amide bonds. The number of hydrogen-bond donors (Lipinski definition) is 0. The zero-order valence-electron chi connectivity index (χ0n) is 11.3. The van der Waals surface area contributed by atoms with Gasteiger partial charge in [-0.05, 0) is 51.8 Å². The van der Waals surface area contributed by atoms with Gasteiger partial charge >= 0.3 is 0 Å². The van der Waals surface area contributed by atoms with Crippen molar-refractivity contribution >= 4 is 32.5 Å². The lowest BCUT2D eigenvalue weighted by Gasteiger charge is -2.06. The van der Waals surface area contributed by atoms with Gasteiger partial charge in [0.05, 0.1) is 5.75 Å². The first kappa shape index (κ1) is 16.0. The number of carbonyl (C=O) groups is 1. The molecule has 0 aliphatic rings. The number of ketones is 1. The molecule has 0 fully saturated rings. The van der Waals surface area contributed by atoms with Crippen LogP contribution in [0, 0.1) is 5.82 Å². The van der Waals surface area contributed by atoms with E-state index in [0.717, 1.165) is 5.56 Å². The number of nitrogens with zero attached hydrogens (tertiary/aromatic N) is 1. The Labute approximate surface area is 133 Å². The maximum atomic E-state index is 12.9. The predicted molar refractivity (Wildman–Crippen MR) is 84.2 cm³/mol. The fourth-order valence-electron chi connectivity index (χ4n) is 1.75. The zero-order valence-corrected chi connectivity index (χ0v) is 13.7. The van der Waals surface area contributed by atoms with Crippen LogP contribution in [-0.4, -0.2) is 20.7 Å². The van der Waals surface area contributed by atoms with E-state index in [-0.39, 0.29) is 11.5 Å². The van der Waals surface area contributed by atoms with Gasteiger partial charge in [-0.3, -0.25) is 14.0 Å². The molecule has 0 aliphatic heterocycles. The molecule has 0 bridgehead atoms. The van der Waals surface area contributed by atoms with E-state index in [0.29, 0.717) is 21.5 Å². The molecule has 3 nitrogen and oxygen atoms in total.